The molecular weight excluding hydrogens is 262 g/mol. The van der Waals surface area contributed by atoms with E-state index in [1.165, 1.54) is 12.3 Å². The van der Waals surface area contributed by atoms with Gasteiger partial charge in [0.1, 0.15) is 11.2 Å². The zero-order valence-corrected chi connectivity index (χ0v) is 11.4. The number of nitrogens with zero attached hydrogens (tertiary/aromatic N) is 2. The van der Waals surface area contributed by atoms with Crippen LogP contribution < -0.4 is 5.32 Å². The van der Waals surface area contributed by atoms with Crippen molar-refractivity contribution in [1.29, 1.82) is 5.26 Å². The molecule has 2 rings (SSSR count). The van der Waals surface area contributed by atoms with Gasteiger partial charge in [-0.05, 0) is 25.0 Å². The van der Waals surface area contributed by atoms with Crippen molar-refractivity contribution < 1.29 is 4.79 Å². The van der Waals surface area contributed by atoms with Crippen LogP contribution in [0.25, 0.3) is 0 Å². The van der Waals surface area contributed by atoms with E-state index in [0.29, 0.717) is 17.9 Å². The molecule has 4 nitrogen and oxygen atoms in total. The molecule has 5 heteroatoms. The fourth-order valence-corrected chi connectivity index (χ4v) is 2.57. The number of halogens is 1. The van der Waals surface area contributed by atoms with Crippen LogP contribution in [-0.2, 0) is 0 Å². The van der Waals surface area contributed by atoms with E-state index in [4.69, 9.17) is 11.6 Å². The van der Waals surface area contributed by atoms with Gasteiger partial charge in [0.05, 0.1) is 6.07 Å². The van der Waals surface area contributed by atoms with Gasteiger partial charge >= 0.3 is 0 Å². The Labute approximate surface area is 117 Å². The van der Waals surface area contributed by atoms with Gasteiger partial charge in [-0.25, -0.2) is 0 Å². The lowest BCUT2D eigenvalue weighted by atomic mass is 9.91. The highest BCUT2D eigenvalue weighted by atomic mass is 35.5. The number of carbonyl (C=O) groups excluding carboxylic acids is 1. The minimum atomic E-state index is -0.752. The molecule has 0 spiro atoms. The zero-order chi connectivity index (χ0) is 13.7. The Kier molecular flexibility index (Phi) is 4.39. The first-order valence-electron chi connectivity index (χ1n) is 6.50. The summed E-state index contributed by atoms with van der Waals surface area (Å²) in [6.45, 7) is 0. The van der Waals surface area contributed by atoms with Crippen LogP contribution in [0.4, 0.5) is 0 Å². The molecule has 1 aromatic rings. The van der Waals surface area contributed by atoms with Crippen molar-refractivity contribution in [2.45, 2.75) is 44.1 Å². The summed E-state index contributed by atoms with van der Waals surface area (Å²) in [5, 5.41) is 12.7. The predicted octanol–water partition coefficient (Wildman–Crippen LogP) is 3.08. The summed E-state index contributed by atoms with van der Waals surface area (Å²) < 4.78 is 0. The van der Waals surface area contributed by atoms with Crippen molar-refractivity contribution in [3.8, 4) is 6.07 Å². The Balaban J connectivity index is 2.14. The summed E-state index contributed by atoms with van der Waals surface area (Å²) >= 11 is 5.84. The molecule has 0 saturated heterocycles. The Hall–Kier alpha value is -1.60. The summed E-state index contributed by atoms with van der Waals surface area (Å²) in [5.74, 6) is -0.328. The van der Waals surface area contributed by atoms with Crippen LogP contribution in [-0.4, -0.2) is 16.4 Å². The molecule has 1 heterocycles. The topological polar surface area (TPSA) is 65.8 Å². The second-order valence-electron chi connectivity index (χ2n) is 4.92. The first-order chi connectivity index (χ1) is 9.15. The van der Waals surface area contributed by atoms with Gasteiger partial charge in [-0.2, -0.15) is 5.26 Å². The van der Waals surface area contributed by atoms with E-state index >= 15 is 0 Å². The number of pyridine rings is 1. The predicted molar refractivity (Wildman–Crippen MR) is 72.8 cm³/mol. The maximum atomic E-state index is 12.2. The van der Waals surface area contributed by atoms with Crippen molar-refractivity contribution in [3.63, 3.8) is 0 Å². The maximum Gasteiger partial charge on any atom is 0.271 e. The standard InChI is InChI=1S/C14H16ClN3O/c15-11-5-8-17-12(9-11)13(19)18-14(10-16)6-3-1-2-4-7-14/h5,8-9H,1-4,6-7H2,(H,18,19). The van der Waals surface area contributed by atoms with Crippen LogP contribution in [0.3, 0.4) is 0 Å². The monoisotopic (exact) mass is 277 g/mol. The highest BCUT2D eigenvalue weighted by Crippen LogP contribution is 2.27. The van der Waals surface area contributed by atoms with Crippen molar-refractivity contribution >= 4 is 17.5 Å². The quantitative estimate of drug-likeness (QED) is 0.845. The Bertz CT molecular complexity index is 502. The van der Waals surface area contributed by atoms with Gasteiger partial charge in [0, 0.05) is 11.2 Å². The number of hydrogen-bond acceptors (Lipinski definition) is 3. The van der Waals surface area contributed by atoms with Crippen molar-refractivity contribution in [3.05, 3.63) is 29.0 Å². The number of rotatable bonds is 2. The minimum Gasteiger partial charge on any atom is -0.332 e. The normalized spacial score (nSPS) is 18.1. The molecule has 0 unspecified atom stereocenters. The second kappa shape index (κ2) is 6.03. The second-order valence-corrected chi connectivity index (χ2v) is 5.36. The van der Waals surface area contributed by atoms with Crippen molar-refractivity contribution in [2.75, 3.05) is 0 Å². The van der Waals surface area contributed by atoms with E-state index in [1.54, 1.807) is 6.07 Å². The Morgan fingerprint density at radius 1 is 1.37 bits per heavy atom. The van der Waals surface area contributed by atoms with E-state index in [0.717, 1.165) is 25.7 Å². The fraction of sp³-hybridized carbons (Fsp3) is 0.500. The molecule has 1 fully saturated rings. The summed E-state index contributed by atoms with van der Waals surface area (Å²) in [6.07, 6.45) is 7.08. The van der Waals surface area contributed by atoms with Crippen LogP contribution in [0.15, 0.2) is 18.3 Å². The molecule has 0 aliphatic heterocycles. The number of nitrogens with one attached hydrogen (secondary N) is 1. The summed E-state index contributed by atoms with van der Waals surface area (Å²) in [7, 11) is 0. The molecule has 1 aliphatic rings. The highest BCUT2D eigenvalue weighted by Gasteiger charge is 2.33. The molecule has 1 saturated carbocycles. The largest absolute Gasteiger partial charge is 0.332 e. The summed E-state index contributed by atoms with van der Waals surface area (Å²) in [6, 6.07) is 5.41. The lowest BCUT2D eigenvalue weighted by Gasteiger charge is -2.26. The van der Waals surface area contributed by atoms with Gasteiger partial charge in [-0.3, -0.25) is 9.78 Å². The first kappa shape index (κ1) is 13.8. The van der Waals surface area contributed by atoms with Gasteiger partial charge in [0.2, 0.25) is 0 Å². The zero-order valence-electron chi connectivity index (χ0n) is 10.7. The molecular formula is C14H16ClN3O. The third-order valence-corrected chi connectivity index (χ3v) is 3.71. The van der Waals surface area contributed by atoms with E-state index < -0.39 is 5.54 Å². The lowest BCUT2D eigenvalue weighted by Crippen LogP contribution is -2.47. The van der Waals surface area contributed by atoms with Crippen LogP contribution in [0, 0.1) is 11.3 Å². The van der Waals surface area contributed by atoms with E-state index in [-0.39, 0.29) is 11.6 Å². The molecule has 0 atom stereocenters. The van der Waals surface area contributed by atoms with Crippen LogP contribution in [0.2, 0.25) is 5.02 Å². The SMILES string of the molecule is N#CC1(NC(=O)c2cc(Cl)ccn2)CCCCCC1. The molecule has 0 radical (unpaired) electrons. The molecule has 1 N–H and O–H groups in total. The molecule has 19 heavy (non-hydrogen) atoms. The highest BCUT2D eigenvalue weighted by molar-refractivity contribution is 6.30. The Morgan fingerprint density at radius 3 is 2.63 bits per heavy atom. The fourth-order valence-electron chi connectivity index (χ4n) is 2.41. The number of carbonyl (C=O) groups is 1. The van der Waals surface area contributed by atoms with Gasteiger partial charge in [-0.15, -0.1) is 0 Å². The summed E-state index contributed by atoms with van der Waals surface area (Å²) in [4.78, 5) is 16.1. The molecule has 1 aromatic heterocycles. The molecule has 1 amide bonds. The van der Waals surface area contributed by atoms with Gasteiger partial charge in [-0.1, -0.05) is 37.3 Å². The number of hydrogen-bond donors (Lipinski definition) is 1. The number of nitriles is 1. The van der Waals surface area contributed by atoms with Gasteiger partial charge in [0.25, 0.3) is 5.91 Å². The average molecular weight is 278 g/mol. The van der Waals surface area contributed by atoms with Crippen LogP contribution in [0.5, 0.6) is 0 Å². The van der Waals surface area contributed by atoms with Crippen LogP contribution >= 0.6 is 11.6 Å². The van der Waals surface area contributed by atoms with E-state index in [2.05, 4.69) is 16.4 Å². The lowest BCUT2D eigenvalue weighted by molar-refractivity contribution is 0.0908. The third-order valence-electron chi connectivity index (χ3n) is 3.48. The van der Waals surface area contributed by atoms with Crippen molar-refractivity contribution in [1.82, 2.24) is 10.3 Å². The number of aromatic nitrogens is 1. The molecule has 100 valence electrons. The Morgan fingerprint density at radius 2 is 2.05 bits per heavy atom. The molecule has 0 bridgehead atoms. The first-order valence-corrected chi connectivity index (χ1v) is 6.88. The van der Waals surface area contributed by atoms with E-state index in [1.807, 2.05) is 0 Å². The molecule has 1 aliphatic carbocycles. The minimum absolute atomic E-state index is 0.256. The van der Waals surface area contributed by atoms with Crippen molar-refractivity contribution in [2.24, 2.45) is 0 Å². The maximum absolute atomic E-state index is 12.2. The number of amides is 1. The third kappa shape index (κ3) is 3.45. The molecule has 0 aromatic carbocycles. The summed E-state index contributed by atoms with van der Waals surface area (Å²) in [5.41, 5.74) is -0.496. The van der Waals surface area contributed by atoms with Crippen LogP contribution in [0.1, 0.15) is 49.0 Å². The van der Waals surface area contributed by atoms with Gasteiger partial charge < -0.3 is 5.32 Å². The van der Waals surface area contributed by atoms with E-state index in [9.17, 15) is 10.1 Å². The van der Waals surface area contributed by atoms with Gasteiger partial charge in [0.15, 0.2) is 0 Å². The average Bonchev–Trinajstić information content (AvgIpc) is 2.65. The smallest absolute Gasteiger partial charge is 0.271 e.